The van der Waals surface area contributed by atoms with Crippen molar-refractivity contribution in [2.24, 2.45) is 0 Å². The van der Waals surface area contributed by atoms with Gasteiger partial charge in [0, 0.05) is 0 Å². The summed E-state index contributed by atoms with van der Waals surface area (Å²) in [6.45, 7) is -0.0207. The second-order valence-corrected chi connectivity index (χ2v) is 4.54. The summed E-state index contributed by atoms with van der Waals surface area (Å²) >= 11 is 0. The molecule has 2 aromatic carbocycles. The van der Waals surface area contributed by atoms with Crippen LogP contribution in [0.1, 0.15) is 5.89 Å². The quantitative estimate of drug-likeness (QED) is 0.800. The molecule has 116 valence electrons. The molecule has 6 nitrogen and oxygen atoms in total. The molecular weight excluding hydrogens is 301 g/mol. The predicted octanol–water partition coefficient (Wildman–Crippen LogP) is 3.16. The van der Waals surface area contributed by atoms with Crippen molar-refractivity contribution < 1.29 is 18.3 Å². The van der Waals surface area contributed by atoms with Gasteiger partial charge in [-0.15, -0.1) is 10.2 Å². The molecule has 7 heteroatoms. The molecule has 0 aliphatic rings. The Kier molecular flexibility index (Phi) is 4.28. The molecule has 1 amide bonds. The van der Waals surface area contributed by atoms with E-state index in [9.17, 15) is 9.18 Å². The number of nitrogens with one attached hydrogen (secondary N) is 1. The smallest absolute Gasteiger partial charge is 0.413 e. The minimum atomic E-state index is -0.651. The lowest BCUT2D eigenvalue weighted by Gasteiger charge is -2.04. The van der Waals surface area contributed by atoms with E-state index in [1.54, 1.807) is 36.4 Å². The highest BCUT2D eigenvalue weighted by Gasteiger charge is 2.13. The molecule has 1 aromatic heterocycles. The van der Waals surface area contributed by atoms with E-state index in [-0.39, 0.29) is 23.9 Å². The third kappa shape index (κ3) is 3.70. The summed E-state index contributed by atoms with van der Waals surface area (Å²) in [5, 5.41) is 10.00. The lowest BCUT2D eigenvalue weighted by molar-refractivity contribution is 0.198. The number of halogens is 1. The number of carbonyl (C=O) groups is 1. The van der Waals surface area contributed by atoms with Crippen molar-refractivity contribution in [2.75, 3.05) is 0 Å². The Labute approximate surface area is 130 Å². The highest BCUT2D eigenvalue weighted by atomic mass is 19.1. The van der Waals surface area contributed by atoms with E-state index in [4.69, 9.17) is 9.15 Å². The van der Waals surface area contributed by atoms with Crippen molar-refractivity contribution in [1.29, 1.82) is 0 Å². The summed E-state index contributed by atoms with van der Waals surface area (Å²) in [6.07, 6.45) is -0.651. The topological polar surface area (TPSA) is 77.3 Å². The first kappa shape index (κ1) is 14.7. The van der Waals surface area contributed by atoms with E-state index >= 15 is 0 Å². The van der Waals surface area contributed by atoms with Crippen molar-refractivity contribution in [2.45, 2.75) is 6.54 Å². The maximum atomic E-state index is 13.6. The third-order valence-electron chi connectivity index (χ3n) is 2.91. The lowest BCUT2D eigenvalue weighted by Crippen LogP contribution is -2.26. The highest BCUT2D eigenvalue weighted by Crippen LogP contribution is 2.20. The molecule has 0 saturated carbocycles. The Balaban J connectivity index is 1.59. The van der Waals surface area contributed by atoms with Crippen LogP contribution in [-0.2, 0) is 6.54 Å². The molecule has 0 saturated heterocycles. The Morgan fingerprint density at radius 2 is 1.83 bits per heavy atom. The number of para-hydroxylation sites is 1. The fraction of sp³-hybridized carbons (Fsp3) is 0.0625. The summed E-state index contributed by atoms with van der Waals surface area (Å²) in [5.74, 6) is 0.159. The van der Waals surface area contributed by atoms with Crippen molar-refractivity contribution in [3.63, 3.8) is 0 Å². The van der Waals surface area contributed by atoms with E-state index in [2.05, 4.69) is 15.5 Å². The average molecular weight is 313 g/mol. The summed E-state index contributed by atoms with van der Waals surface area (Å²) in [4.78, 5) is 11.6. The second kappa shape index (κ2) is 6.69. The maximum absolute atomic E-state index is 13.6. The number of amides is 1. The summed E-state index contributed by atoms with van der Waals surface area (Å²) in [5.41, 5.74) is 0.207. The van der Waals surface area contributed by atoms with Gasteiger partial charge in [-0.1, -0.05) is 30.3 Å². The van der Waals surface area contributed by atoms with Crippen molar-refractivity contribution in [1.82, 2.24) is 15.5 Å². The molecule has 3 aromatic rings. The van der Waals surface area contributed by atoms with Crippen LogP contribution in [0.15, 0.2) is 59.0 Å². The number of nitrogens with zero attached hydrogens (tertiary/aromatic N) is 2. The van der Waals surface area contributed by atoms with Gasteiger partial charge < -0.3 is 14.5 Å². The average Bonchev–Trinajstić information content (AvgIpc) is 3.03. The van der Waals surface area contributed by atoms with E-state index in [0.29, 0.717) is 5.75 Å². The van der Waals surface area contributed by atoms with Crippen molar-refractivity contribution in [3.05, 3.63) is 66.3 Å². The Morgan fingerprint density at radius 3 is 2.61 bits per heavy atom. The van der Waals surface area contributed by atoms with Gasteiger partial charge in [-0.2, -0.15) is 0 Å². The Bertz CT molecular complexity index is 805. The minimum absolute atomic E-state index is 0.0207. The highest BCUT2D eigenvalue weighted by molar-refractivity contribution is 5.70. The van der Waals surface area contributed by atoms with Gasteiger partial charge in [-0.05, 0) is 24.3 Å². The summed E-state index contributed by atoms with van der Waals surface area (Å²) in [7, 11) is 0. The van der Waals surface area contributed by atoms with E-state index in [1.807, 2.05) is 6.07 Å². The monoisotopic (exact) mass is 313 g/mol. The van der Waals surface area contributed by atoms with E-state index in [0.717, 1.165) is 0 Å². The van der Waals surface area contributed by atoms with Gasteiger partial charge in [0.05, 0.1) is 12.1 Å². The Morgan fingerprint density at radius 1 is 1.09 bits per heavy atom. The minimum Gasteiger partial charge on any atom is -0.419 e. The summed E-state index contributed by atoms with van der Waals surface area (Å²) < 4.78 is 24.0. The SMILES string of the molecule is O=C(NCc1nnc(-c2ccccc2F)o1)Oc1ccccc1. The molecule has 23 heavy (non-hydrogen) atoms. The van der Waals surface area contributed by atoms with Crippen LogP contribution in [0.4, 0.5) is 9.18 Å². The fourth-order valence-corrected chi connectivity index (χ4v) is 1.85. The van der Waals surface area contributed by atoms with Crippen LogP contribution in [0.25, 0.3) is 11.5 Å². The van der Waals surface area contributed by atoms with Gasteiger partial charge in [0.25, 0.3) is 5.89 Å². The van der Waals surface area contributed by atoms with E-state index in [1.165, 1.54) is 12.1 Å². The zero-order valence-electron chi connectivity index (χ0n) is 11.9. The molecule has 1 N–H and O–H groups in total. The number of benzene rings is 2. The van der Waals surface area contributed by atoms with Crippen LogP contribution in [0.5, 0.6) is 5.75 Å². The molecule has 0 unspecified atom stereocenters. The molecule has 0 bridgehead atoms. The molecular formula is C16H12FN3O3. The second-order valence-electron chi connectivity index (χ2n) is 4.54. The zero-order chi connectivity index (χ0) is 16.1. The van der Waals surface area contributed by atoms with Gasteiger partial charge in [0.15, 0.2) is 0 Å². The van der Waals surface area contributed by atoms with Crippen LogP contribution >= 0.6 is 0 Å². The largest absolute Gasteiger partial charge is 0.419 e. The van der Waals surface area contributed by atoms with Gasteiger partial charge in [0.1, 0.15) is 11.6 Å². The first-order chi connectivity index (χ1) is 11.2. The molecule has 1 heterocycles. The first-order valence-electron chi connectivity index (χ1n) is 6.80. The van der Waals surface area contributed by atoms with Crippen LogP contribution in [0.3, 0.4) is 0 Å². The van der Waals surface area contributed by atoms with Crippen LogP contribution in [0.2, 0.25) is 0 Å². The van der Waals surface area contributed by atoms with E-state index < -0.39 is 11.9 Å². The van der Waals surface area contributed by atoms with Crippen LogP contribution in [-0.4, -0.2) is 16.3 Å². The van der Waals surface area contributed by atoms with Gasteiger partial charge >= 0.3 is 6.09 Å². The zero-order valence-corrected chi connectivity index (χ0v) is 11.9. The number of rotatable bonds is 4. The third-order valence-corrected chi connectivity index (χ3v) is 2.91. The first-order valence-corrected chi connectivity index (χ1v) is 6.80. The Hall–Kier alpha value is -3.22. The molecule has 0 radical (unpaired) electrons. The standard InChI is InChI=1S/C16H12FN3O3/c17-13-9-5-4-8-12(13)15-20-19-14(23-15)10-18-16(21)22-11-6-2-1-3-7-11/h1-9H,10H2,(H,18,21). The van der Waals surface area contributed by atoms with Gasteiger partial charge in [-0.25, -0.2) is 9.18 Å². The number of hydrogen-bond donors (Lipinski definition) is 1. The number of aromatic nitrogens is 2. The lowest BCUT2D eigenvalue weighted by atomic mass is 10.2. The predicted molar refractivity (Wildman–Crippen MR) is 79.0 cm³/mol. The van der Waals surface area contributed by atoms with Crippen LogP contribution < -0.4 is 10.1 Å². The number of carbonyl (C=O) groups excluding carboxylic acids is 1. The molecule has 0 fully saturated rings. The van der Waals surface area contributed by atoms with Crippen molar-refractivity contribution >= 4 is 6.09 Å². The molecule has 3 rings (SSSR count). The van der Waals surface area contributed by atoms with Crippen LogP contribution in [0, 0.1) is 5.82 Å². The molecule has 0 spiro atoms. The molecule has 0 aliphatic carbocycles. The fourth-order valence-electron chi connectivity index (χ4n) is 1.85. The number of hydrogen-bond acceptors (Lipinski definition) is 5. The normalized spacial score (nSPS) is 10.3. The summed E-state index contributed by atoms with van der Waals surface area (Å²) in [6, 6.07) is 14.7. The van der Waals surface area contributed by atoms with Gasteiger partial charge in [-0.3, -0.25) is 0 Å². The number of ether oxygens (including phenoxy) is 1. The van der Waals surface area contributed by atoms with Gasteiger partial charge in [0.2, 0.25) is 5.89 Å². The molecule has 0 aliphatic heterocycles. The molecule has 0 atom stereocenters. The maximum Gasteiger partial charge on any atom is 0.413 e. The van der Waals surface area contributed by atoms with Crippen molar-refractivity contribution in [3.8, 4) is 17.2 Å².